The molecular formula is C19H19N2+. The molecule has 0 amide bonds. The van der Waals surface area contributed by atoms with Crippen LogP contribution >= 0.6 is 0 Å². The first-order valence-electron chi connectivity index (χ1n) is 7.24. The highest BCUT2D eigenvalue weighted by Gasteiger charge is 2.15. The van der Waals surface area contributed by atoms with Gasteiger partial charge >= 0.3 is 0 Å². The molecule has 2 aromatic carbocycles. The van der Waals surface area contributed by atoms with E-state index in [4.69, 9.17) is 5.73 Å². The van der Waals surface area contributed by atoms with Gasteiger partial charge < -0.3 is 5.73 Å². The van der Waals surface area contributed by atoms with Crippen LogP contribution in [0.4, 0.5) is 5.69 Å². The molecule has 0 radical (unpaired) electrons. The van der Waals surface area contributed by atoms with Crippen LogP contribution in [0.5, 0.6) is 0 Å². The van der Waals surface area contributed by atoms with Crippen molar-refractivity contribution in [2.45, 2.75) is 13.3 Å². The molecule has 0 bridgehead atoms. The Morgan fingerprint density at radius 3 is 2.24 bits per heavy atom. The maximum absolute atomic E-state index is 5.97. The molecule has 0 fully saturated rings. The summed E-state index contributed by atoms with van der Waals surface area (Å²) in [5.41, 5.74) is 11.5. The van der Waals surface area contributed by atoms with Crippen molar-refractivity contribution in [3.63, 3.8) is 0 Å². The molecule has 0 aliphatic rings. The third kappa shape index (κ3) is 2.79. The van der Waals surface area contributed by atoms with E-state index in [0.717, 1.165) is 23.5 Å². The lowest BCUT2D eigenvalue weighted by molar-refractivity contribution is -0.583. The van der Waals surface area contributed by atoms with Crippen LogP contribution in [0.3, 0.4) is 0 Å². The van der Waals surface area contributed by atoms with Gasteiger partial charge in [-0.05, 0) is 30.2 Å². The number of hydrogen-bond acceptors (Lipinski definition) is 1. The highest BCUT2D eigenvalue weighted by Crippen LogP contribution is 2.19. The van der Waals surface area contributed by atoms with Gasteiger partial charge in [0.2, 0.25) is 11.4 Å². The number of aromatic nitrogens is 1. The first-order valence-corrected chi connectivity index (χ1v) is 7.24. The van der Waals surface area contributed by atoms with Crippen LogP contribution in [0.2, 0.25) is 0 Å². The van der Waals surface area contributed by atoms with Gasteiger partial charge in [0, 0.05) is 23.8 Å². The van der Waals surface area contributed by atoms with Gasteiger partial charge in [0.05, 0.1) is 5.69 Å². The number of benzene rings is 2. The molecule has 3 aromatic rings. The number of nitrogens with zero attached hydrogens (tertiary/aromatic N) is 1. The minimum Gasteiger partial charge on any atom is -0.394 e. The summed E-state index contributed by atoms with van der Waals surface area (Å²) in [4.78, 5) is 0. The molecule has 3 rings (SSSR count). The minimum atomic E-state index is 0.757. The highest BCUT2D eigenvalue weighted by molar-refractivity contribution is 5.58. The quantitative estimate of drug-likeness (QED) is 0.724. The van der Waals surface area contributed by atoms with Crippen LogP contribution < -0.4 is 10.3 Å². The smallest absolute Gasteiger partial charge is 0.218 e. The molecule has 0 aliphatic carbocycles. The fourth-order valence-electron chi connectivity index (χ4n) is 2.47. The SMILES string of the molecule is CCc1ccc(-c2ccc(N)c[n+]2-c2ccccc2)cc1. The van der Waals surface area contributed by atoms with E-state index in [2.05, 4.69) is 54.0 Å². The van der Waals surface area contributed by atoms with Crippen molar-refractivity contribution in [3.05, 3.63) is 78.5 Å². The lowest BCUT2D eigenvalue weighted by atomic mass is 10.1. The zero-order valence-electron chi connectivity index (χ0n) is 12.2. The van der Waals surface area contributed by atoms with Gasteiger partial charge in [-0.15, -0.1) is 0 Å². The third-order valence-corrected chi connectivity index (χ3v) is 3.66. The van der Waals surface area contributed by atoms with E-state index >= 15 is 0 Å². The topological polar surface area (TPSA) is 29.9 Å². The zero-order chi connectivity index (χ0) is 14.7. The van der Waals surface area contributed by atoms with Crippen LogP contribution in [0.15, 0.2) is 72.9 Å². The second-order valence-electron chi connectivity index (χ2n) is 5.10. The van der Waals surface area contributed by atoms with E-state index in [9.17, 15) is 0 Å². The number of nitrogen functional groups attached to an aromatic ring is 1. The van der Waals surface area contributed by atoms with Gasteiger partial charge in [0.15, 0.2) is 6.20 Å². The summed E-state index contributed by atoms with van der Waals surface area (Å²) >= 11 is 0. The average molecular weight is 275 g/mol. The van der Waals surface area contributed by atoms with E-state index in [0.29, 0.717) is 0 Å². The molecule has 104 valence electrons. The Morgan fingerprint density at radius 2 is 1.57 bits per heavy atom. The van der Waals surface area contributed by atoms with Gasteiger partial charge in [-0.3, -0.25) is 0 Å². The molecule has 21 heavy (non-hydrogen) atoms. The number of anilines is 1. The fraction of sp³-hybridized carbons (Fsp3) is 0.105. The van der Waals surface area contributed by atoms with Gasteiger partial charge in [0.1, 0.15) is 0 Å². The molecular weight excluding hydrogens is 256 g/mol. The Morgan fingerprint density at radius 1 is 0.857 bits per heavy atom. The molecule has 2 nitrogen and oxygen atoms in total. The van der Waals surface area contributed by atoms with Crippen molar-refractivity contribution in [2.24, 2.45) is 0 Å². The Balaban J connectivity index is 2.13. The maximum Gasteiger partial charge on any atom is 0.218 e. The molecule has 2 N–H and O–H groups in total. The second kappa shape index (κ2) is 5.80. The van der Waals surface area contributed by atoms with Gasteiger partial charge in [-0.1, -0.05) is 37.3 Å². The van der Waals surface area contributed by atoms with Crippen LogP contribution in [0, 0.1) is 0 Å². The largest absolute Gasteiger partial charge is 0.394 e. The molecule has 0 unspecified atom stereocenters. The maximum atomic E-state index is 5.97. The van der Waals surface area contributed by atoms with Crippen molar-refractivity contribution in [1.29, 1.82) is 0 Å². The number of nitrogens with two attached hydrogens (primary N) is 1. The van der Waals surface area contributed by atoms with E-state index in [-0.39, 0.29) is 0 Å². The number of aryl methyl sites for hydroxylation is 1. The molecule has 0 saturated heterocycles. The Bertz CT molecular complexity index is 731. The van der Waals surface area contributed by atoms with Crippen LogP contribution in [-0.2, 0) is 6.42 Å². The van der Waals surface area contributed by atoms with Crippen molar-refractivity contribution < 1.29 is 4.57 Å². The Labute approximate surface area is 125 Å². The molecule has 0 aliphatic heterocycles. The monoisotopic (exact) mass is 275 g/mol. The number of rotatable bonds is 3. The first kappa shape index (κ1) is 13.4. The Hall–Kier alpha value is -2.61. The summed E-state index contributed by atoms with van der Waals surface area (Å²) in [7, 11) is 0. The zero-order valence-corrected chi connectivity index (χ0v) is 12.2. The van der Waals surface area contributed by atoms with Crippen molar-refractivity contribution in [2.75, 3.05) is 5.73 Å². The summed E-state index contributed by atoms with van der Waals surface area (Å²) in [6.45, 7) is 2.17. The fourth-order valence-corrected chi connectivity index (χ4v) is 2.47. The Kier molecular flexibility index (Phi) is 3.69. The molecule has 0 atom stereocenters. The lowest BCUT2D eigenvalue weighted by Gasteiger charge is -2.05. The van der Waals surface area contributed by atoms with Crippen LogP contribution in [0.25, 0.3) is 16.9 Å². The van der Waals surface area contributed by atoms with Gasteiger partial charge in [-0.2, -0.15) is 4.57 Å². The molecule has 1 heterocycles. The van der Waals surface area contributed by atoms with Crippen molar-refractivity contribution in [1.82, 2.24) is 0 Å². The van der Waals surface area contributed by atoms with Gasteiger partial charge in [-0.25, -0.2) is 0 Å². The highest BCUT2D eigenvalue weighted by atomic mass is 15.0. The lowest BCUT2D eigenvalue weighted by Crippen LogP contribution is -2.33. The average Bonchev–Trinajstić information content (AvgIpc) is 2.56. The van der Waals surface area contributed by atoms with E-state index in [1.54, 1.807) is 0 Å². The predicted molar refractivity (Wildman–Crippen MR) is 87.2 cm³/mol. The minimum absolute atomic E-state index is 0.757. The summed E-state index contributed by atoms with van der Waals surface area (Å²) in [6, 6.07) is 23.0. The van der Waals surface area contributed by atoms with Gasteiger partial charge in [0.25, 0.3) is 0 Å². The first-order chi connectivity index (χ1) is 10.3. The molecule has 0 saturated carbocycles. The summed E-state index contributed by atoms with van der Waals surface area (Å²) in [5.74, 6) is 0. The van der Waals surface area contributed by atoms with Crippen molar-refractivity contribution in [3.8, 4) is 16.9 Å². The van der Waals surface area contributed by atoms with E-state index < -0.39 is 0 Å². The summed E-state index contributed by atoms with van der Waals surface area (Å²) in [6.07, 6.45) is 3.03. The summed E-state index contributed by atoms with van der Waals surface area (Å²) in [5, 5.41) is 0. The number of para-hydroxylation sites is 1. The molecule has 1 aromatic heterocycles. The number of hydrogen-bond donors (Lipinski definition) is 1. The standard InChI is InChI=1S/C19H19N2/c1-2-15-8-10-16(11-9-15)19-13-12-17(20)14-21(19)18-6-4-3-5-7-18/h3-14H,2,20H2,1H3/q+1. The van der Waals surface area contributed by atoms with E-state index in [1.807, 2.05) is 30.5 Å². The predicted octanol–water partition coefficient (Wildman–Crippen LogP) is 3.77. The van der Waals surface area contributed by atoms with Crippen molar-refractivity contribution >= 4 is 5.69 Å². The molecule has 2 heteroatoms. The normalized spacial score (nSPS) is 10.5. The molecule has 0 spiro atoms. The van der Waals surface area contributed by atoms with Crippen LogP contribution in [0.1, 0.15) is 12.5 Å². The summed E-state index contributed by atoms with van der Waals surface area (Å²) < 4.78 is 2.14. The third-order valence-electron chi connectivity index (χ3n) is 3.66. The second-order valence-corrected chi connectivity index (χ2v) is 5.10. The number of pyridine rings is 1. The van der Waals surface area contributed by atoms with E-state index in [1.165, 1.54) is 11.1 Å². The van der Waals surface area contributed by atoms with Crippen LogP contribution in [-0.4, -0.2) is 0 Å².